The summed E-state index contributed by atoms with van der Waals surface area (Å²) >= 11 is 0. The Balaban J connectivity index is 2.23. The van der Waals surface area contributed by atoms with Crippen LogP contribution < -0.4 is 0 Å². The molecule has 1 saturated carbocycles. The zero-order valence-electron chi connectivity index (χ0n) is 8.99. The van der Waals surface area contributed by atoms with Crippen LogP contribution in [0.2, 0.25) is 0 Å². The molecular formula is C10H16O4S. The molecule has 1 aliphatic heterocycles. The molecule has 0 aromatic carbocycles. The third-order valence-electron chi connectivity index (χ3n) is 4.44. The van der Waals surface area contributed by atoms with Crippen molar-refractivity contribution in [3.05, 3.63) is 0 Å². The molecule has 15 heavy (non-hydrogen) atoms. The summed E-state index contributed by atoms with van der Waals surface area (Å²) in [5, 5.41) is 9.09. The number of carbonyl (C=O) groups is 1. The van der Waals surface area contributed by atoms with Crippen LogP contribution >= 0.6 is 0 Å². The minimum Gasteiger partial charge on any atom is -0.481 e. The fourth-order valence-corrected chi connectivity index (χ4v) is 4.88. The molecule has 2 rings (SSSR count). The van der Waals surface area contributed by atoms with Crippen molar-refractivity contribution in [2.24, 2.45) is 16.7 Å². The molecule has 4 nitrogen and oxygen atoms in total. The van der Waals surface area contributed by atoms with Crippen molar-refractivity contribution in [3.8, 4) is 0 Å². The standard InChI is InChI=1S/C10H16O4S/c1-9(2)7(8(11)12)10(9)3-5-15(13,14)6-4-10/h7H,3-6H2,1-2H3,(H,11,12). The summed E-state index contributed by atoms with van der Waals surface area (Å²) in [4.78, 5) is 11.1. The summed E-state index contributed by atoms with van der Waals surface area (Å²) in [5.41, 5.74) is -0.501. The zero-order valence-corrected chi connectivity index (χ0v) is 9.80. The van der Waals surface area contributed by atoms with E-state index in [0.29, 0.717) is 12.8 Å². The molecule has 0 amide bonds. The Kier molecular flexibility index (Phi) is 2.00. The number of rotatable bonds is 1. The molecule has 1 saturated heterocycles. The molecule has 1 N–H and O–H groups in total. The maximum Gasteiger partial charge on any atom is 0.307 e. The van der Waals surface area contributed by atoms with E-state index in [9.17, 15) is 13.2 Å². The summed E-state index contributed by atoms with van der Waals surface area (Å²) in [6.07, 6.45) is 1.03. The minimum atomic E-state index is -2.91. The van der Waals surface area contributed by atoms with Gasteiger partial charge < -0.3 is 5.11 Å². The van der Waals surface area contributed by atoms with E-state index in [4.69, 9.17) is 5.11 Å². The van der Waals surface area contributed by atoms with Crippen LogP contribution in [0.15, 0.2) is 0 Å². The fourth-order valence-electron chi connectivity index (χ4n) is 3.32. The molecule has 1 spiro atoms. The zero-order chi connectivity index (χ0) is 11.5. The van der Waals surface area contributed by atoms with Gasteiger partial charge in [0.2, 0.25) is 0 Å². The lowest BCUT2D eigenvalue weighted by Crippen LogP contribution is -2.28. The molecule has 86 valence electrons. The van der Waals surface area contributed by atoms with Crippen LogP contribution in [0.5, 0.6) is 0 Å². The highest BCUT2D eigenvalue weighted by molar-refractivity contribution is 7.91. The van der Waals surface area contributed by atoms with E-state index in [1.807, 2.05) is 13.8 Å². The van der Waals surface area contributed by atoms with Gasteiger partial charge in [0.15, 0.2) is 0 Å². The van der Waals surface area contributed by atoms with E-state index in [1.165, 1.54) is 0 Å². The lowest BCUT2D eigenvalue weighted by molar-refractivity contribution is -0.140. The van der Waals surface area contributed by atoms with Crippen molar-refractivity contribution >= 4 is 15.8 Å². The van der Waals surface area contributed by atoms with Gasteiger partial charge >= 0.3 is 5.97 Å². The predicted molar refractivity (Wildman–Crippen MR) is 55.2 cm³/mol. The Hall–Kier alpha value is -0.580. The quantitative estimate of drug-likeness (QED) is 0.729. The maximum absolute atomic E-state index is 11.3. The van der Waals surface area contributed by atoms with Crippen LogP contribution in [0.4, 0.5) is 0 Å². The SMILES string of the molecule is CC1(C)C(C(=O)O)C12CCS(=O)(=O)CC2. The van der Waals surface area contributed by atoms with Crippen molar-refractivity contribution in [1.82, 2.24) is 0 Å². The van der Waals surface area contributed by atoms with Gasteiger partial charge in [-0.05, 0) is 23.7 Å². The van der Waals surface area contributed by atoms with Crippen molar-refractivity contribution in [1.29, 1.82) is 0 Å². The number of carboxylic acids is 1. The van der Waals surface area contributed by atoms with Gasteiger partial charge in [-0.25, -0.2) is 8.42 Å². The molecule has 0 radical (unpaired) electrons. The van der Waals surface area contributed by atoms with Crippen LogP contribution in [-0.4, -0.2) is 31.0 Å². The van der Waals surface area contributed by atoms with Gasteiger partial charge in [-0.2, -0.15) is 0 Å². The van der Waals surface area contributed by atoms with Crippen LogP contribution in [0.3, 0.4) is 0 Å². The van der Waals surface area contributed by atoms with Gasteiger partial charge in [0, 0.05) is 0 Å². The molecule has 1 atom stereocenters. The van der Waals surface area contributed by atoms with Crippen LogP contribution in [0.1, 0.15) is 26.7 Å². The van der Waals surface area contributed by atoms with Crippen LogP contribution in [0, 0.1) is 16.7 Å². The number of carboxylic acid groups (broad SMARTS) is 1. The number of hydrogen-bond acceptors (Lipinski definition) is 3. The Labute approximate surface area is 89.6 Å². The first kappa shape index (κ1) is 10.9. The van der Waals surface area contributed by atoms with Gasteiger partial charge in [0.25, 0.3) is 0 Å². The highest BCUT2D eigenvalue weighted by atomic mass is 32.2. The number of hydrogen-bond donors (Lipinski definition) is 1. The highest BCUT2D eigenvalue weighted by Crippen LogP contribution is 2.73. The third kappa shape index (κ3) is 1.32. The summed E-state index contributed by atoms with van der Waals surface area (Å²) in [5.74, 6) is -0.833. The third-order valence-corrected chi connectivity index (χ3v) is 6.09. The van der Waals surface area contributed by atoms with E-state index in [1.54, 1.807) is 0 Å². The van der Waals surface area contributed by atoms with Crippen LogP contribution in [-0.2, 0) is 14.6 Å². The average Bonchev–Trinajstić information content (AvgIpc) is 2.55. The molecule has 1 heterocycles. The second kappa shape index (κ2) is 2.75. The van der Waals surface area contributed by atoms with E-state index in [-0.39, 0.29) is 28.3 Å². The minimum absolute atomic E-state index is 0.153. The number of aliphatic carboxylic acids is 1. The molecular weight excluding hydrogens is 216 g/mol. The van der Waals surface area contributed by atoms with Crippen LogP contribution in [0.25, 0.3) is 0 Å². The maximum atomic E-state index is 11.3. The first-order chi connectivity index (χ1) is 6.73. The first-order valence-electron chi connectivity index (χ1n) is 5.16. The van der Waals surface area contributed by atoms with Crippen molar-refractivity contribution in [2.45, 2.75) is 26.7 Å². The van der Waals surface area contributed by atoms with Crippen molar-refractivity contribution in [2.75, 3.05) is 11.5 Å². The van der Waals surface area contributed by atoms with Gasteiger partial charge in [-0.3, -0.25) is 4.79 Å². The van der Waals surface area contributed by atoms with E-state index in [0.717, 1.165) is 0 Å². The largest absolute Gasteiger partial charge is 0.481 e. The van der Waals surface area contributed by atoms with E-state index >= 15 is 0 Å². The van der Waals surface area contributed by atoms with E-state index < -0.39 is 15.8 Å². The van der Waals surface area contributed by atoms with Gasteiger partial charge in [0.05, 0.1) is 17.4 Å². The molecule has 2 aliphatic rings. The molecule has 0 bridgehead atoms. The molecule has 0 aromatic heterocycles. The summed E-state index contributed by atoms with van der Waals surface area (Å²) in [6, 6.07) is 0. The second-order valence-corrected chi connectivity index (χ2v) is 7.60. The molecule has 0 aromatic rings. The summed E-state index contributed by atoms with van der Waals surface area (Å²) in [7, 11) is -2.91. The highest BCUT2D eigenvalue weighted by Gasteiger charge is 2.74. The summed E-state index contributed by atoms with van der Waals surface area (Å²) < 4.78 is 22.6. The predicted octanol–water partition coefficient (Wildman–Crippen LogP) is 0.922. The number of sulfone groups is 1. The van der Waals surface area contributed by atoms with E-state index in [2.05, 4.69) is 0 Å². The lowest BCUT2D eigenvalue weighted by Gasteiger charge is -2.24. The molecule has 1 unspecified atom stereocenters. The van der Waals surface area contributed by atoms with Gasteiger partial charge in [-0.15, -0.1) is 0 Å². The summed E-state index contributed by atoms with van der Waals surface area (Å²) in [6.45, 7) is 3.87. The van der Waals surface area contributed by atoms with Gasteiger partial charge in [0.1, 0.15) is 9.84 Å². The van der Waals surface area contributed by atoms with Gasteiger partial charge in [-0.1, -0.05) is 13.8 Å². The van der Waals surface area contributed by atoms with Crippen molar-refractivity contribution < 1.29 is 18.3 Å². The normalized spacial score (nSPS) is 34.9. The Morgan fingerprint density at radius 3 is 2.07 bits per heavy atom. The molecule has 1 aliphatic carbocycles. The lowest BCUT2D eigenvalue weighted by atomic mass is 9.90. The first-order valence-corrected chi connectivity index (χ1v) is 6.98. The smallest absolute Gasteiger partial charge is 0.307 e. The Bertz CT molecular complexity index is 393. The average molecular weight is 232 g/mol. The Morgan fingerprint density at radius 1 is 1.27 bits per heavy atom. The molecule has 5 heteroatoms. The Morgan fingerprint density at radius 2 is 1.73 bits per heavy atom. The monoisotopic (exact) mass is 232 g/mol. The topological polar surface area (TPSA) is 71.4 Å². The van der Waals surface area contributed by atoms with Crippen molar-refractivity contribution in [3.63, 3.8) is 0 Å². The fraction of sp³-hybridized carbons (Fsp3) is 0.900. The second-order valence-electron chi connectivity index (χ2n) is 5.30. The molecule has 2 fully saturated rings.